The van der Waals surface area contributed by atoms with Gasteiger partial charge in [-0.05, 0) is 31.3 Å². The first-order valence-electron chi connectivity index (χ1n) is 8.54. The number of aromatic nitrogens is 3. The second kappa shape index (κ2) is 8.20. The lowest BCUT2D eigenvalue weighted by Crippen LogP contribution is -2.49. The number of benzene rings is 1. The maximum Gasteiger partial charge on any atom is 0.409 e. The molecule has 0 saturated carbocycles. The van der Waals surface area contributed by atoms with E-state index >= 15 is 0 Å². The van der Waals surface area contributed by atoms with E-state index in [4.69, 9.17) is 28.6 Å². The van der Waals surface area contributed by atoms with Crippen LogP contribution in [0.25, 0.3) is 11.4 Å². The van der Waals surface area contributed by atoms with Crippen LogP contribution in [0, 0.1) is 4.77 Å². The van der Waals surface area contributed by atoms with E-state index in [1.165, 1.54) is 0 Å². The summed E-state index contributed by atoms with van der Waals surface area (Å²) in [6.07, 6.45) is -0.248. The predicted molar refractivity (Wildman–Crippen MR) is 103 cm³/mol. The fraction of sp³-hybridized carbons (Fsp3) is 0.471. The molecule has 3 rings (SSSR count). The van der Waals surface area contributed by atoms with Crippen LogP contribution in [0.5, 0.6) is 0 Å². The minimum Gasteiger partial charge on any atom is -0.450 e. The molecule has 0 N–H and O–H groups in total. The molecule has 0 unspecified atom stereocenters. The van der Waals surface area contributed by atoms with Crippen LogP contribution in [0.1, 0.15) is 6.92 Å². The smallest absolute Gasteiger partial charge is 0.409 e. The molecule has 1 aliphatic rings. The first-order chi connectivity index (χ1) is 12.5. The van der Waals surface area contributed by atoms with Crippen LogP contribution >= 0.6 is 23.8 Å². The molecule has 9 heteroatoms. The van der Waals surface area contributed by atoms with Crippen LogP contribution in [0.2, 0.25) is 5.02 Å². The van der Waals surface area contributed by atoms with Crippen molar-refractivity contribution in [3.8, 4) is 11.4 Å². The Balaban J connectivity index is 1.70. The van der Waals surface area contributed by atoms with Gasteiger partial charge in [0.1, 0.15) is 0 Å². The number of hydrogen-bond donors (Lipinski definition) is 0. The molecular formula is C17H22ClN5O2S. The summed E-state index contributed by atoms with van der Waals surface area (Å²) in [6.45, 7) is 5.55. The molecule has 1 aromatic carbocycles. The van der Waals surface area contributed by atoms with Gasteiger partial charge in [-0.1, -0.05) is 23.7 Å². The van der Waals surface area contributed by atoms with Gasteiger partial charge in [0.25, 0.3) is 0 Å². The quantitative estimate of drug-likeness (QED) is 0.745. The molecule has 1 amide bonds. The van der Waals surface area contributed by atoms with Gasteiger partial charge in [-0.3, -0.25) is 4.90 Å². The lowest BCUT2D eigenvalue weighted by molar-refractivity contribution is 0.0691. The average Bonchev–Trinajstić information content (AvgIpc) is 2.91. The lowest BCUT2D eigenvalue weighted by Gasteiger charge is -2.33. The summed E-state index contributed by atoms with van der Waals surface area (Å²) in [5.74, 6) is 0.741. The van der Waals surface area contributed by atoms with E-state index in [-0.39, 0.29) is 6.09 Å². The number of hydrogen-bond acceptors (Lipinski definition) is 5. The molecule has 1 saturated heterocycles. The van der Waals surface area contributed by atoms with Crippen molar-refractivity contribution in [3.63, 3.8) is 0 Å². The van der Waals surface area contributed by atoms with E-state index in [0.29, 0.717) is 36.2 Å². The van der Waals surface area contributed by atoms with Crippen LogP contribution in [0.15, 0.2) is 24.3 Å². The summed E-state index contributed by atoms with van der Waals surface area (Å²) in [7, 11) is 1.89. The largest absolute Gasteiger partial charge is 0.450 e. The molecule has 140 valence electrons. The second-order valence-electron chi connectivity index (χ2n) is 6.09. The molecule has 26 heavy (non-hydrogen) atoms. The van der Waals surface area contributed by atoms with Gasteiger partial charge in [0.2, 0.25) is 0 Å². The van der Waals surface area contributed by atoms with Gasteiger partial charge < -0.3 is 14.2 Å². The third-order valence-electron chi connectivity index (χ3n) is 4.39. The number of amides is 1. The number of ether oxygens (including phenoxy) is 1. The SMILES string of the molecule is CCOC(=O)N1CCN(Cn2nc(-c3ccccc3Cl)n(C)c2=S)CC1. The molecule has 0 aliphatic carbocycles. The highest BCUT2D eigenvalue weighted by atomic mass is 35.5. The molecule has 2 aromatic rings. The average molecular weight is 396 g/mol. The number of rotatable bonds is 4. The fourth-order valence-electron chi connectivity index (χ4n) is 2.93. The second-order valence-corrected chi connectivity index (χ2v) is 6.86. The Kier molecular flexibility index (Phi) is 5.95. The molecule has 7 nitrogen and oxygen atoms in total. The molecule has 0 spiro atoms. The van der Waals surface area contributed by atoms with E-state index in [2.05, 4.69) is 10.00 Å². The Hall–Kier alpha value is -1.90. The molecule has 0 radical (unpaired) electrons. The normalized spacial score (nSPS) is 15.3. The predicted octanol–water partition coefficient (Wildman–Crippen LogP) is 3.00. The standard InChI is InChI=1S/C17H22ClN5O2S/c1-3-25-17(24)22-10-8-21(9-11-22)12-23-16(26)20(2)15(19-23)13-6-4-5-7-14(13)18/h4-7H,3,8-12H2,1-2H3. The van der Waals surface area contributed by atoms with E-state index in [1.54, 1.807) is 9.58 Å². The van der Waals surface area contributed by atoms with Crippen LogP contribution in [0.3, 0.4) is 0 Å². The van der Waals surface area contributed by atoms with Gasteiger partial charge in [-0.15, -0.1) is 0 Å². The third-order valence-corrected chi connectivity index (χ3v) is 5.20. The first kappa shape index (κ1) is 18.9. The fourth-order valence-corrected chi connectivity index (χ4v) is 3.34. The molecule has 2 heterocycles. The number of nitrogens with zero attached hydrogens (tertiary/aromatic N) is 5. The van der Waals surface area contributed by atoms with Crippen LogP contribution in [-0.2, 0) is 18.5 Å². The number of carbonyl (C=O) groups is 1. The van der Waals surface area contributed by atoms with Crippen molar-refractivity contribution >= 4 is 29.9 Å². The van der Waals surface area contributed by atoms with Crippen LogP contribution < -0.4 is 0 Å². The summed E-state index contributed by atoms with van der Waals surface area (Å²) in [6, 6.07) is 7.59. The number of piperazine rings is 1. The van der Waals surface area contributed by atoms with Crippen molar-refractivity contribution in [1.82, 2.24) is 24.1 Å². The minimum absolute atomic E-state index is 0.248. The topological polar surface area (TPSA) is 55.5 Å². The third kappa shape index (κ3) is 3.92. The summed E-state index contributed by atoms with van der Waals surface area (Å²) < 4.78 is 9.35. The highest BCUT2D eigenvalue weighted by Gasteiger charge is 2.23. The van der Waals surface area contributed by atoms with Crippen molar-refractivity contribution in [2.24, 2.45) is 7.05 Å². The van der Waals surface area contributed by atoms with Gasteiger partial charge in [0.15, 0.2) is 10.6 Å². The Bertz CT molecular complexity index is 842. The zero-order valence-corrected chi connectivity index (χ0v) is 16.5. The van der Waals surface area contributed by atoms with Crippen molar-refractivity contribution < 1.29 is 9.53 Å². The monoisotopic (exact) mass is 395 g/mol. The van der Waals surface area contributed by atoms with Crippen molar-refractivity contribution in [2.75, 3.05) is 32.8 Å². The summed E-state index contributed by atoms with van der Waals surface area (Å²) in [5.41, 5.74) is 0.855. The van der Waals surface area contributed by atoms with Gasteiger partial charge in [0.05, 0.1) is 18.3 Å². The van der Waals surface area contributed by atoms with Gasteiger partial charge in [-0.2, -0.15) is 5.10 Å². The Morgan fingerprint density at radius 3 is 2.62 bits per heavy atom. The first-order valence-corrected chi connectivity index (χ1v) is 9.32. The molecular weight excluding hydrogens is 374 g/mol. The van der Waals surface area contributed by atoms with E-state index in [0.717, 1.165) is 24.5 Å². The van der Waals surface area contributed by atoms with E-state index < -0.39 is 0 Å². The Labute approximate surface area is 162 Å². The highest BCUT2D eigenvalue weighted by molar-refractivity contribution is 7.71. The molecule has 0 atom stereocenters. The summed E-state index contributed by atoms with van der Waals surface area (Å²) >= 11 is 11.8. The van der Waals surface area contributed by atoms with E-state index in [9.17, 15) is 4.79 Å². The maximum atomic E-state index is 11.8. The Morgan fingerprint density at radius 2 is 1.96 bits per heavy atom. The zero-order chi connectivity index (χ0) is 18.7. The van der Waals surface area contributed by atoms with Crippen molar-refractivity contribution in [1.29, 1.82) is 0 Å². The summed E-state index contributed by atoms with van der Waals surface area (Å²) in [4.78, 5) is 15.7. The highest BCUT2D eigenvalue weighted by Crippen LogP contribution is 2.26. The van der Waals surface area contributed by atoms with Gasteiger partial charge in [0, 0.05) is 38.8 Å². The molecule has 1 fully saturated rings. The number of carbonyl (C=O) groups excluding carboxylic acids is 1. The van der Waals surface area contributed by atoms with Crippen LogP contribution in [0.4, 0.5) is 4.79 Å². The van der Waals surface area contributed by atoms with E-state index in [1.807, 2.05) is 42.8 Å². The Morgan fingerprint density at radius 1 is 1.27 bits per heavy atom. The van der Waals surface area contributed by atoms with Crippen LogP contribution in [-0.4, -0.2) is 63.0 Å². The zero-order valence-electron chi connectivity index (χ0n) is 14.9. The maximum absolute atomic E-state index is 11.8. The molecule has 1 aromatic heterocycles. The lowest BCUT2D eigenvalue weighted by atomic mass is 10.2. The number of halogens is 1. The molecule has 1 aliphatic heterocycles. The minimum atomic E-state index is -0.248. The van der Waals surface area contributed by atoms with Crippen molar-refractivity contribution in [3.05, 3.63) is 34.1 Å². The van der Waals surface area contributed by atoms with Gasteiger partial charge >= 0.3 is 6.09 Å². The molecule has 0 bridgehead atoms. The van der Waals surface area contributed by atoms with Gasteiger partial charge in [-0.25, -0.2) is 9.48 Å². The van der Waals surface area contributed by atoms with Crippen molar-refractivity contribution in [2.45, 2.75) is 13.6 Å². The summed E-state index contributed by atoms with van der Waals surface area (Å²) in [5, 5.41) is 5.31.